The summed E-state index contributed by atoms with van der Waals surface area (Å²) >= 11 is 0. The van der Waals surface area contributed by atoms with E-state index >= 15 is 0 Å². The molecule has 1 aromatic carbocycles. The van der Waals surface area contributed by atoms with Crippen molar-refractivity contribution >= 4 is 16.9 Å². The quantitative estimate of drug-likeness (QED) is 0.471. The first kappa shape index (κ1) is 18.7. The Balaban J connectivity index is 2.21. The number of hydrogen-bond acceptors (Lipinski definition) is 6. The highest BCUT2D eigenvalue weighted by atomic mass is 16.3. The highest BCUT2D eigenvalue weighted by Crippen LogP contribution is 2.21. The molecule has 0 aliphatic carbocycles. The standard InChI is InChI=1S/C19H19N5O5/c1-21-14-13(17(28)22(2)19(21)29)24-16(27)12(8-9-25)15(26)23(18(24)20-14)10-11-6-4-3-5-7-11/h3-7,25-26H,8-10H2,1-2H3. The maximum Gasteiger partial charge on any atom is 0.332 e. The van der Waals surface area contributed by atoms with Crippen molar-refractivity contribution in [2.24, 2.45) is 14.1 Å². The molecule has 0 unspecified atom stereocenters. The van der Waals surface area contributed by atoms with E-state index in [1.165, 1.54) is 23.2 Å². The molecule has 0 amide bonds. The van der Waals surface area contributed by atoms with Gasteiger partial charge in [-0.05, 0) is 5.56 Å². The third kappa shape index (κ3) is 2.68. The van der Waals surface area contributed by atoms with Crippen LogP contribution in [0.25, 0.3) is 16.9 Å². The molecule has 10 nitrogen and oxygen atoms in total. The van der Waals surface area contributed by atoms with Gasteiger partial charge < -0.3 is 10.2 Å². The number of benzene rings is 1. The van der Waals surface area contributed by atoms with E-state index in [4.69, 9.17) is 0 Å². The molecule has 0 fully saturated rings. The van der Waals surface area contributed by atoms with Crippen molar-refractivity contribution in [2.75, 3.05) is 6.61 Å². The van der Waals surface area contributed by atoms with Crippen LogP contribution in [0, 0.1) is 0 Å². The number of aromatic hydroxyl groups is 1. The first-order valence-corrected chi connectivity index (χ1v) is 8.94. The van der Waals surface area contributed by atoms with Crippen LogP contribution in [0.1, 0.15) is 11.1 Å². The average molecular weight is 397 g/mol. The minimum Gasteiger partial charge on any atom is -0.494 e. The predicted octanol–water partition coefficient (Wildman–Crippen LogP) is -0.665. The molecule has 4 aromatic rings. The number of nitrogens with zero attached hydrogens (tertiary/aromatic N) is 5. The number of hydrogen-bond donors (Lipinski definition) is 2. The Morgan fingerprint density at radius 2 is 1.69 bits per heavy atom. The fourth-order valence-corrected chi connectivity index (χ4v) is 3.49. The minimum absolute atomic E-state index is 0.0337. The van der Waals surface area contributed by atoms with Gasteiger partial charge in [0.25, 0.3) is 11.1 Å². The summed E-state index contributed by atoms with van der Waals surface area (Å²) < 4.78 is 4.57. The van der Waals surface area contributed by atoms with Gasteiger partial charge in [0.2, 0.25) is 11.7 Å². The molecule has 0 radical (unpaired) electrons. The lowest BCUT2D eigenvalue weighted by Crippen LogP contribution is -2.38. The van der Waals surface area contributed by atoms with Crippen LogP contribution in [-0.2, 0) is 27.1 Å². The van der Waals surface area contributed by atoms with E-state index in [-0.39, 0.29) is 48.0 Å². The first-order valence-electron chi connectivity index (χ1n) is 8.94. The SMILES string of the molecule is Cn1c(=O)c2c(nc3n(Cc4ccccc4)c(O)c(CCO)c(=O)n23)n(C)c1=O. The Kier molecular flexibility index (Phi) is 4.35. The number of aliphatic hydroxyl groups excluding tert-OH is 1. The summed E-state index contributed by atoms with van der Waals surface area (Å²) in [5, 5.41) is 20.1. The second-order valence-corrected chi connectivity index (χ2v) is 6.78. The second kappa shape index (κ2) is 6.74. The molecule has 0 aliphatic rings. The molecule has 29 heavy (non-hydrogen) atoms. The summed E-state index contributed by atoms with van der Waals surface area (Å²) in [5.41, 5.74) is -1.13. The van der Waals surface area contributed by atoms with Gasteiger partial charge in [-0.1, -0.05) is 30.3 Å². The van der Waals surface area contributed by atoms with Crippen molar-refractivity contribution in [3.8, 4) is 5.88 Å². The molecule has 4 rings (SSSR count). The van der Waals surface area contributed by atoms with E-state index in [2.05, 4.69) is 4.98 Å². The second-order valence-electron chi connectivity index (χ2n) is 6.78. The number of imidazole rings is 1. The fraction of sp³-hybridized carbons (Fsp3) is 0.263. The highest BCUT2D eigenvalue weighted by Gasteiger charge is 2.23. The molecule has 0 aliphatic heterocycles. The monoisotopic (exact) mass is 397 g/mol. The van der Waals surface area contributed by atoms with Gasteiger partial charge in [0.1, 0.15) is 0 Å². The van der Waals surface area contributed by atoms with E-state index in [1.807, 2.05) is 30.3 Å². The number of fused-ring (bicyclic) bond motifs is 3. The Labute approximate surface area is 163 Å². The number of aromatic nitrogens is 5. The Morgan fingerprint density at radius 3 is 2.34 bits per heavy atom. The van der Waals surface area contributed by atoms with Crippen molar-refractivity contribution in [3.05, 3.63) is 72.7 Å². The van der Waals surface area contributed by atoms with Crippen molar-refractivity contribution in [1.29, 1.82) is 0 Å². The van der Waals surface area contributed by atoms with Crippen molar-refractivity contribution in [2.45, 2.75) is 13.0 Å². The summed E-state index contributed by atoms with van der Waals surface area (Å²) in [4.78, 5) is 42.5. The maximum atomic E-state index is 13.1. The van der Waals surface area contributed by atoms with Crippen molar-refractivity contribution < 1.29 is 10.2 Å². The molecule has 3 aromatic heterocycles. The molecule has 3 heterocycles. The Bertz CT molecular complexity index is 1430. The lowest BCUT2D eigenvalue weighted by atomic mass is 10.2. The Morgan fingerprint density at radius 1 is 1.00 bits per heavy atom. The average Bonchev–Trinajstić information content (AvgIpc) is 3.13. The summed E-state index contributed by atoms with van der Waals surface area (Å²) in [6.07, 6.45) is -0.0961. The Hall–Kier alpha value is -3.66. The van der Waals surface area contributed by atoms with Gasteiger partial charge in [-0.25, -0.2) is 9.20 Å². The first-order chi connectivity index (χ1) is 13.9. The van der Waals surface area contributed by atoms with Crippen molar-refractivity contribution in [1.82, 2.24) is 23.1 Å². The molecular weight excluding hydrogens is 378 g/mol. The van der Waals surface area contributed by atoms with Gasteiger partial charge in [-0.3, -0.25) is 23.3 Å². The molecule has 0 saturated heterocycles. The van der Waals surface area contributed by atoms with Crippen LogP contribution in [0.4, 0.5) is 0 Å². The van der Waals surface area contributed by atoms with E-state index in [1.54, 1.807) is 0 Å². The topological polar surface area (TPSA) is 124 Å². The van der Waals surface area contributed by atoms with Gasteiger partial charge in [-0.15, -0.1) is 0 Å². The molecular formula is C19H19N5O5. The normalized spacial score (nSPS) is 11.6. The largest absolute Gasteiger partial charge is 0.494 e. The van der Waals surface area contributed by atoms with Gasteiger partial charge in [0.05, 0.1) is 12.1 Å². The molecule has 0 bridgehead atoms. The molecule has 0 atom stereocenters. The summed E-state index contributed by atoms with van der Waals surface area (Å²) in [5.74, 6) is -0.302. The summed E-state index contributed by atoms with van der Waals surface area (Å²) in [7, 11) is 2.78. The molecule has 0 saturated carbocycles. The summed E-state index contributed by atoms with van der Waals surface area (Å²) in [6, 6.07) is 9.21. The van der Waals surface area contributed by atoms with Crippen LogP contribution >= 0.6 is 0 Å². The zero-order valence-corrected chi connectivity index (χ0v) is 15.9. The van der Waals surface area contributed by atoms with E-state index in [0.717, 1.165) is 14.5 Å². The minimum atomic E-state index is -0.667. The predicted molar refractivity (Wildman–Crippen MR) is 105 cm³/mol. The molecule has 10 heteroatoms. The van der Waals surface area contributed by atoms with Crippen LogP contribution in [0.2, 0.25) is 0 Å². The lowest BCUT2D eigenvalue weighted by molar-refractivity contribution is 0.295. The van der Waals surface area contributed by atoms with Crippen molar-refractivity contribution in [3.63, 3.8) is 0 Å². The van der Waals surface area contributed by atoms with Gasteiger partial charge in [0.15, 0.2) is 11.2 Å². The zero-order valence-electron chi connectivity index (χ0n) is 15.9. The lowest BCUT2D eigenvalue weighted by Gasteiger charge is -2.14. The molecule has 0 spiro atoms. The maximum absolute atomic E-state index is 13.1. The van der Waals surface area contributed by atoms with E-state index < -0.39 is 16.8 Å². The van der Waals surface area contributed by atoms with Crippen LogP contribution in [-0.4, -0.2) is 39.9 Å². The van der Waals surface area contributed by atoms with Gasteiger partial charge in [0, 0.05) is 27.1 Å². The van der Waals surface area contributed by atoms with E-state index in [0.29, 0.717) is 0 Å². The van der Waals surface area contributed by atoms with E-state index in [9.17, 15) is 24.6 Å². The fourth-order valence-electron chi connectivity index (χ4n) is 3.49. The smallest absolute Gasteiger partial charge is 0.332 e. The zero-order chi connectivity index (χ0) is 20.9. The van der Waals surface area contributed by atoms with Gasteiger partial charge in [-0.2, -0.15) is 4.98 Å². The van der Waals surface area contributed by atoms with Crippen LogP contribution in [0.3, 0.4) is 0 Å². The van der Waals surface area contributed by atoms with Crippen LogP contribution < -0.4 is 16.8 Å². The van der Waals surface area contributed by atoms with Crippen LogP contribution in [0.15, 0.2) is 44.7 Å². The summed E-state index contributed by atoms with van der Waals surface area (Å²) in [6.45, 7) is -0.185. The number of rotatable bonds is 4. The molecule has 2 N–H and O–H groups in total. The highest BCUT2D eigenvalue weighted by molar-refractivity contribution is 5.75. The number of aliphatic hydroxyl groups is 1. The van der Waals surface area contributed by atoms with Crippen LogP contribution in [0.5, 0.6) is 5.88 Å². The number of aryl methyl sites for hydroxylation is 1. The third-order valence-corrected chi connectivity index (χ3v) is 5.01. The van der Waals surface area contributed by atoms with Gasteiger partial charge >= 0.3 is 5.69 Å². The molecule has 150 valence electrons. The third-order valence-electron chi connectivity index (χ3n) is 5.01.